The summed E-state index contributed by atoms with van der Waals surface area (Å²) >= 11 is 7.54. The fourth-order valence-electron chi connectivity index (χ4n) is 2.62. The molecule has 0 amide bonds. The van der Waals surface area contributed by atoms with Crippen molar-refractivity contribution in [3.05, 3.63) is 74.9 Å². The Bertz CT molecular complexity index is 1130. The van der Waals surface area contributed by atoms with Gasteiger partial charge in [0.2, 0.25) is 0 Å². The van der Waals surface area contributed by atoms with Crippen LogP contribution in [-0.4, -0.2) is 19.9 Å². The molecule has 1 aromatic carbocycles. The first-order chi connectivity index (χ1) is 13.1. The summed E-state index contributed by atoms with van der Waals surface area (Å²) < 4.78 is 0.615. The number of pyridine rings is 1. The van der Waals surface area contributed by atoms with Gasteiger partial charge in [-0.25, -0.2) is 9.97 Å². The fraction of sp³-hybridized carbons (Fsp3) is 0.0556. The minimum absolute atomic E-state index is 0.0539. The molecule has 0 atom stereocenters. The summed E-state index contributed by atoms with van der Waals surface area (Å²) in [4.78, 5) is 24.5. The summed E-state index contributed by atoms with van der Waals surface area (Å²) in [6.45, 7) is 0.386. The van der Waals surface area contributed by atoms with Gasteiger partial charge in [0.15, 0.2) is 5.82 Å². The lowest BCUT2D eigenvalue weighted by Crippen LogP contribution is -2.04. The minimum Gasteiger partial charge on any atom is -0.365 e. The van der Waals surface area contributed by atoms with E-state index in [0.29, 0.717) is 22.5 Å². The molecule has 0 aliphatic heterocycles. The molecule has 7 nitrogen and oxygen atoms in total. The highest BCUT2D eigenvalue weighted by atomic mass is 35.5. The van der Waals surface area contributed by atoms with E-state index in [2.05, 4.69) is 20.3 Å². The first-order valence-corrected chi connectivity index (χ1v) is 9.14. The zero-order chi connectivity index (χ0) is 18.8. The quantitative estimate of drug-likeness (QED) is 0.379. The first kappa shape index (κ1) is 17.3. The number of benzene rings is 1. The van der Waals surface area contributed by atoms with Gasteiger partial charge in [-0.05, 0) is 23.8 Å². The minimum atomic E-state index is -0.410. The number of nitrogens with zero attached hydrogens (tertiary/aromatic N) is 4. The molecule has 0 saturated carbocycles. The smallest absolute Gasteiger partial charge is 0.269 e. The number of non-ortho nitro benzene ring substituents is 1. The Hall–Kier alpha value is -3.10. The van der Waals surface area contributed by atoms with Crippen molar-refractivity contribution in [2.75, 3.05) is 5.32 Å². The Morgan fingerprint density at radius 3 is 2.74 bits per heavy atom. The highest BCUT2D eigenvalue weighted by Crippen LogP contribution is 2.34. The predicted molar refractivity (Wildman–Crippen MR) is 106 cm³/mol. The Morgan fingerprint density at radius 2 is 1.96 bits per heavy atom. The summed E-state index contributed by atoms with van der Waals surface area (Å²) in [6, 6.07) is 12.0. The van der Waals surface area contributed by atoms with Crippen LogP contribution in [-0.2, 0) is 6.54 Å². The molecule has 0 aliphatic carbocycles. The van der Waals surface area contributed by atoms with Gasteiger partial charge in [0.05, 0.1) is 14.6 Å². The summed E-state index contributed by atoms with van der Waals surface area (Å²) in [5.74, 6) is 1.19. The fourth-order valence-corrected chi connectivity index (χ4v) is 3.71. The Balaban J connectivity index is 1.70. The maximum absolute atomic E-state index is 11.0. The van der Waals surface area contributed by atoms with Gasteiger partial charge in [-0.1, -0.05) is 23.7 Å². The topological polar surface area (TPSA) is 93.8 Å². The molecule has 0 fully saturated rings. The van der Waals surface area contributed by atoms with Crippen molar-refractivity contribution in [1.29, 1.82) is 0 Å². The zero-order valence-electron chi connectivity index (χ0n) is 13.8. The monoisotopic (exact) mass is 397 g/mol. The summed E-state index contributed by atoms with van der Waals surface area (Å²) in [7, 11) is 0. The first-order valence-electron chi connectivity index (χ1n) is 7.95. The third-order valence-corrected chi connectivity index (χ3v) is 5.04. The molecule has 4 aromatic rings. The van der Waals surface area contributed by atoms with Crippen LogP contribution in [0.3, 0.4) is 0 Å². The number of hydrogen-bond acceptors (Lipinski definition) is 7. The lowest BCUT2D eigenvalue weighted by atomic mass is 10.2. The van der Waals surface area contributed by atoms with E-state index in [-0.39, 0.29) is 5.69 Å². The van der Waals surface area contributed by atoms with E-state index >= 15 is 0 Å². The number of aromatic nitrogens is 3. The van der Waals surface area contributed by atoms with Crippen molar-refractivity contribution in [3.8, 4) is 11.4 Å². The number of thiophene rings is 1. The van der Waals surface area contributed by atoms with Gasteiger partial charge in [0, 0.05) is 36.6 Å². The molecule has 4 rings (SSSR count). The molecule has 27 heavy (non-hydrogen) atoms. The van der Waals surface area contributed by atoms with Crippen LogP contribution in [0.5, 0.6) is 0 Å². The third-order valence-electron chi connectivity index (χ3n) is 3.88. The number of halogens is 1. The van der Waals surface area contributed by atoms with E-state index in [9.17, 15) is 10.1 Å². The van der Waals surface area contributed by atoms with Crippen LogP contribution in [0.25, 0.3) is 21.6 Å². The maximum Gasteiger partial charge on any atom is 0.269 e. The van der Waals surface area contributed by atoms with Crippen LogP contribution in [0.15, 0.2) is 54.9 Å². The van der Waals surface area contributed by atoms with E-state index in [1.165, 1.54) is 23.5 Å². The van der Waals surface area contributed by atoms with Gasteiger partial charge in [-0.3, -0.25) is 15.1 Å². The second kappa shape index (κ2) is 7.26. The molecular formula is C18H12ClN5O2S. The number of nitrogens with one attached hydrogen (secondary N) is 1. The lowest BCUT2D eigenvalue weighted by molar-refractivity contribution is -0.384. The van der Waals surface area contributed by atoms with Crippen molar-refractivity contribution in [2.24, 2.45) is 0 Å². The molecule has 1 N–H and O–H groups in total. The SMILES string of the molecule is O=[N+]([O-])c1cccc(CNc2nc(-c3ccncc3)nc3sc(Cl)cc23)c1. The molecule has 0 bridgehead atoms. The number of rotatable bonds is 5. The maximum atomic E-state index is 11.0. The van der Waals surface area contributed by atoms with E-state index in [4.69, 9.17) is 11.6 Å². The van der Waals surface area contributed by atoms with E-state index in [1.807, 2.05) is 24.3 Å². The summed E-state index contributed by atoms with van der Waals surface area (Å²) in [6.07, 6.45) is 3.36. The molecule has 0 spiro atoms. The number of nitro benzene ring substituents is 1. The molecule has 0 unspecified atom stereocenters. The van der Waals surface area contributed by atoms with Crippen LogP contribution >= 0.6 is 22.9 Å². The van der Waals surface area contributed by atoms with Crippen molar-refractivity contribution in [2.45, 2.75) is 6.54 Å². The van der Waals surface area contributed by atoms with Gasteiger partial charge in [-0.2, -0.15) is 0 Å². The summed E-state index contributed by atoms with van der Waals surface area (Å²) in [5, 5.41) is 15.0. The van der Waals surface area contributed by atoms with Crippen molar-refractivity contribution in [3.63, 3.8) is 0 Å². The van der Waals surface area contributed by atoms with Crippen LogP contribution in [0.4, 0.5) is 11.5 Å². The number of hydrogen-bond donors (Lipinski definition) is 1. The normalized spacial score (nSPS) is 10.9. The van der Waals surface area contributed by atoms with Gasteiger partial charge < -0.3 is 5.32 Å². The van der Waals surface area contributed by atoms with Crippen molar-refractivity contribution >= 4 is 44.7 Å². The molecule has 0 radical (unpaired) electrons. The molecule has 0 aliphatic rings. The highest BCUT2D eigenvalue weighted by Gasteiger charge is 2.13. The predicted octanol–water partition coefficient (Wildman–Crippen LogP) is 4.93. The van der Waals surface area contributed by atoms with E-state index in [0.717, 1.165) is 21.3 Å². The Kier molecular flexibility index (Phi) is 4.66. The number of anilines is 1. The molecule has 9 heteroatoms. The summed E-state index contributed by atoms with van der Waals surface area (Å²) in [5.41, 5.74) is 1.68. The average Bonchev–Trinajstić information content (AvgIpc) is 3.07. The van der Waals surface area contributed by atoms with E-state index in [1.54, 1.807) is 18.5 Å². The second-order valence-electron chi connectivity index (χ2n) is 5.68. The van der Waals surface area contributed by atoms with Gasteiger partial charge in [0.25, 0.3) is 5.69 Å². The Morgan fingerprint density at radius 1 is 1.15 bits per heavy atom. The second-order valence-corrected chi connectivity index (χ2v) is 7.34. The highest BCUT2D eigenvalue weighted by molar-refractivity contribution is 7.22. The number of nitro groups is 1. The van der Waals surface area contributed by atoms with Crippen molar-refractivity contribution in [1.82, 2.24) is 15.0 Å². The largest absolute Gasteiger partial charge is 0.365 e. The molecule has 3 heterocycles. The van der Waals surface area contributed by atoms with Crippen LogP contribution < -0.4 is 5.32 Å². The zero-order valence-corrected chi connectivity index (χ0v) is 15.4. The number of fused-ring (bicyclic) bond motifs is 1. The molecular weight excluding hydrogens is 386 g/mol. The standard InChI is InChI=1S/C18H12ClN5O2S/c19-15-9-14-17(21-10-11-2-1-3-13(8-11)24(25)26)22-16(23-18(14)27-15)12-4-6-20-7-5-12/h1-9H,10H2,(H,21,22,23). The van der Waals surface area contributed by atoms with Crippen LogP contribution in [0.1, 0.15) is 5.56 Å². The van der Waals surface area contributed by atoms with Crippen LogP contribution in [0, 0.1) is 10.1 Å². The molecule has 134 valence electrons. The van der Waals surface area contributed by atoms with Crippen molar-refractivity contribution < 1.29 is 4.92 Å². The molecule has 0 saturated heterocycles. The third kappa shape index (κ3) is 3.71. The van der Waals surface area contributed by atoms with Gasteiger partial charge >= 0.3 is 0 Å². The lowest BCUT2D eigenvalue weighted by Gasteiger charge is -2.09. The average molecular weight is 398 g/mol. The van der Waals surface area contributed by atoms with Crippen LogP contribution in [0.2, 0.25) is 4.34 Å². The molecule has 3 aromatic heterocycles. The van der Waals surface area contributed by atoms with Gasteiger partial charge in [0.1, 0.15) is 10.6 Å². The van der Waals surface area contributed by atoms with E-state index < -0.39 is 4.92 Å². The van der Waals surface area contributed by atoms with Gasteiger partial charge in [-0.15, -0.1) is 11.3 Å². The Labute approximate surface area is 162 Å².